The first kappa shape index (κ1) is 14.0. The molecule has 2 rings (SSSR count). The van der Waals surface area contributed by atoms with E-state index in [0.717, 1.165) is 25.7 Å². The molecule has 0 radical (unpaired) electrons. The molecule has 0 aromatic rings. The zero-order valence-corrected chi connectivity index (χ0v) is 11.6. The largest absolute Gasteiger partial charge is 0.370 e. The molecule has 2 unspecified atom stereocenters. The molecule has 18 heavy (non-hydrogen) atoms. The number of sulfonamides is 1. The number of ketones is 1. The van der Waals surface area contributed by atoms with Crippen molar-refractivity contribution in [3.8, 4) is 0 Å². The van der Waals surface area contributed by atoms with Gasteiger partial charge in [0.05, 0.1) is 6.26 Å². The van der Waals surface area contributed by atoms with Crippen LogP contribution in [0.4, 0.5) is 0 Å². The fourth-order valence-electron chi connectivity index (χ4n) is 2.74. The first-order valence-corrected chi connectivity index (χ1v) is 8.41. The molecular formula is C12H21NO4S. The minimum Gasteiger partial charge on any atom is -0.370 e. The Morgan fingerprint density at radius 3 is 2.72 bits per heavy atom. The quantitative estimate of drug-likeness (QED) is 0.761. The van der Waals surface area contributed by atoms with Crippen molar-refractivity contribution in [2.45, 2.75) is 38.2 Å². The minimum atomic E-state index is -3.12. The van der Waals surface area contributed by atoms with Crippen LogP contribution in [0.3, 0.4) is 0 Å². The van der Waals surface area contributed by atoms with E-state index in [9.17, 15) is 13.2 Å². The van der Waals surface area contributed by atoms with Gasteiger partial charge in [-0.25, -0.2) is 12.7 Å². The zero-order valence-electron chi connectivity index (χ0n) is 10.8. The van der Waals surface area contributed by atoms with Crippen LogP contribution in [-0.2, 0) is 19.6 Å². The highest BCUT2D eigenvalue weighted by molar-refractivity contribution is 7.88. The molecule has 5 nitrogen and oxygen atoms in total. The second kappa shape index (κ2) is 5.67. The van der Waals surface area contributed by atoms with Crippen LogP contribution < -0.4 is 0 Å². The Hall–Kier alpha value is -0.460. The van der Waals surface area contributed by atoms with Gasteiger partial charge in [0, 0.05) is 26.1 Å². The van der Waals surface area contributed by atoms with E-state index < -0.39 is 10.0 Å². The number of rotatable bonds is 4. The number of carbonyl (C=O) groups excluding carboxylic acids is 1. The average molecular weight is 275 g/mol. The van der Waals surface area contributed by atoms with Crippen LogP contribution >= 0.6 is 0 Å². The van der Waals surface area contributed by atoms with Crippen LogP contribution in [0.1, 0.15) is 32.1 Å². The highest BCUT2D eigenvalue weighted by Crippen LogP contribution is 2.24. The molecule has 0 bridgehead atoms. The Morgan fingerprint density at radius 1 is 1.33 bits per heavy atom. The predicted octanol–water partition coefficient (Wildman–Crippen LogP) is 0.796. The van der Waals surface area contributed by atoms with Crippen LogP contribution in [0.5, 0.6) is 0 Å². The zero-order chi connectivity index (χ0) is 13.2. The summed E-state index contributed by atoms with van der Waals surface area (Å²) in [5, 5.41) is 0. The SMILES string of the molecule is CS(=O)(=O)N1CCCC(CC(=O)C2CCCO2)C1. The van der Waals surface area contributed by atoms with Crippen LogP contribution in [-0.4, -0.2) is 50.6 Å². The molecule has 0 aliphatic carbocycles. The molecule has 2 atom stereocenters. The van der Waals surface area contributed by atoms with Gasteiger partial charge in [-0.05, 0) is 31.6 Å². The number of carbonyl (C=O) groups is 1. The predicted molar refractivity (Wildman–Crippen MR) is 67.7 cm³/mol. The summed E-state index contributed by atoms with van der Waals surface area (Å²) >= 11 is 0. The normalized spacial score (nSPS) is 30.5. The summed E-state index contributed by atoms with van der Waals surface area (Å²) in [6.07, 6.45) is 5.01. The standard InChI is InChI=1S/C12H21NO4S/c1-18(15,16)13-6-2-4-10(9-13)8-11(14)12-5-3-7-17-12/h10,12H,2-9H2,1H3. The summed E-state index contributed by atoms with van der Waals surface area (Å²) in [5.41, 5.74) is 0. The molecule has 2 heterocycles. The van der Waals surface area contributed by atoms with Crippen molar-refractivity contribution in [3.05, 3.63) is 0 Å². The third-order valence-electron chi connectivity index (χ3n) is 3.73. The van der Waals surface area contributed by atoms with E-state index in [4.69, 9.17) is 4.74 Å². The summed E-state index contributed by atoms with van der Waals surface area (Å²) < 4.78 is 29.8. The number of nitrogens with zero attached hydrogens (tertiary/aromatic N) is 1. The van der Waals surface area contributed by atoms with Gasteiger partial charge < -0.3 is 4.74 Å². The smallest absolute Gasteiger partial charge is 0.211 e. The van der Waals surface area contributed by atoms with Gasteiger partial charge in [-0.15, -0.1) is 0 Å². The summed E-state index contributed by atoms with van der Waals surface area (Å²) in [6, 6.07) is 0. The molecule has 0 saturated carbocycles. The fraction of sp³-hybridized carbons (Fsp3) is 0.917. The van der Waals surface area contributed by atoms with Crippen LogP contribution in [0.25, 0.3) is 0 Å². The summed E-state index contributed by atoms with van der Waals surface area (Å²) in [7, 11) is -3.12. The van der Waals surface area contributed by atoms with Crippen molar-refractivity contribution >= 4 is 15.8 Å². The van der Waals surface area contributed by atoms with Crippen molar-refractivity contribution < 1.29 is 17.9 Å². The van der Waals surface area contributed by atoms with Crippen molar-refractivity contribution in [2.75, 3.05) is 26.0 Å². The van der Waals surface area contributed by atoms with E-state index >= 15 is 0 Å². The van der Waals surface area contributed by atoms with Crippen molar-refractivity contribution in [1.29, 1.82) is 0 Å². The van der Waals surface area contributed by atoms with Gasteiger partial charge in [0.25, 0.3) is 0 Å². The van der Waals surface area contributed by atoms with E-state index in [0.29, 0.717) is 26.1 Å². The van der Waals surface area contributed by atoms with Crippen molar-refractivity contribution in [1.82, 2.24) is 4.31 Å². The maximum Gasteiger partial charge on any atom is 0.211 e. The Kier molecular flexibility index (Phi) is 4.40. The lowest BCUT2D eigenvalue weighted by atomic mass is 9.92. The van der Waals surface area contributed by atoms with Gasteiger partial charge in [-0.1, -0.05) is 0 Å². The molecule has 6 heteroatoms. The molecule has 0 spiro atoms. The number of Topliss-reactive ketones (excluding diaryl/α,β-unsaturated/α-hetero) is 1. The molecule has 2 aliphatic heterocycles. The maximum absolute atomic E-state index is 12.0. The molecule has 0 amide bonds. The summed E-state index contributed by atoms with van der Waals surface area (Å²) in [5.74, 6) is 0.304. The lowest BCUT2D eigenvalue weighted by molar-refractivity contribution is -0.129. The van der Waals surface area contributed by atoms with E-state index in [-0.39, 0.29) is 17.8 Å². The Labute approximate surface area is 109 Å². The second-order valence-corrected chi connectivity index (χ2v) is 7.28. The monoisotopic (exact) mass is 275 g/mol. The number of hydrogen-bond acceptors (Lipinski definition) is 4. The van der Waals surface area contributed by atoms with E-state index in [2.05, 4.69) is 0 Å². The Balaban J connectivity index is 1.87. The minimum absolute atomic E-state index is 0.146. The molecular weight excluding hydrogens is 254 g/mol. The Morgan fingerprint density at radius 2 is 2.11 bits per heavy atom. The van der Waals surface area contributed by atoms with Crippen LogP contribution in [0.15, 0.2) is 0 Å². The summed E-state index contributed by atoms with van der Waals surface area (Å²) in [4.78, 5) is 12.0. The molecule has 0 aromatic heterocycles. The lowest BCUT2D eigenvalue weighted by Crippen LogP contribution is -2.40. The first-order valence-electron chi connectivity index (χ1n) is 6.56. The average Bonchev–Trinajstić information content (AvgIpc) is 2.81. The summed E-state index contributed by atoms with van der Waals surface area (Å²) in [6.45, 7) is 1.75. The van der Waals surface area contributed by atoms with E-state index in [1.807, 2.05) is 0 Å². The van der Waals surface area contributed by atoms with E-state index in [1.54, 1.807) is 0 Å². The third-order valence-corrected chi connectivity index (χ3v) is 5.00. The topological polar surface area (TPSA) is 63.7 Å². The van der Waals surface area contributed by atoms with E-state index in [1.165, 1.54) is 10.6 Å². The number of hydrogen-bond donors (Lipinski definition) is 0. The van der Waals surface area contributed by atoms with Crippen LogP contribution in [0, 0.1) is 5.92 Å². The van der Waals surface area contributed by atoms with Gasteiger partial charge in [0.1, 0.15) is 6.10 Å². The fourth-order valence-corrected chi connectivity index (χ4v) is 3.68. The first-order chi connectivity index (χ1) is 8.47. The molecule has 104 valence electrons. The molecule has 0 N–H and O–H groups in total. The Bertz CT molecular complexity index is 400. The van der Waals surface area contributed by atoms with Gasteiger partial charge >= 0.3 is 0 Å². The van der Waals surface area contributed by atoms with Crippen LogP contribution in [0.2, 0.25) is 0 Å². The number of piperidine rings is 1. The molecule has 2 aliphatic rings. The van der Waals surface area contributed by atoms with Gasteiger partial charge in [0.2, 0.25) is 10.0 Å². The third kappa shape index (κ3) is 3.52. The van der Waals surface area contributed by atoms with Crippen molar-refractivity contribution in [3.63, 3.8) is 0 Å². The second-order valence-electron chi connectivity index (χ2n) is 5.30. The maximum atomic E-state index is 12.0. The van der Waals surface area contributed by atoms with Crippen molar-refractivity contribution in [2.24, 2.45) is 5.92 Å². The molecule has 2 saturated heterocycles. The van der Waals surface area contributed by atoms with Gasteiger partial charge in [0.15, 0.2) is 5.78 Å². The highest BCUT2D eigenvalue weighted by atomic mass is 32.2. The lowest BCUT2D eigenvalue weighted by Gasteiger charge is -2.30. The highest BCUT2D eigenvalue weighted by Gasteiger charge is 2.30. The van der Waals surface area contributed by atoms with Gasteiger partial charge in [-0.2, -0.15) is 0 Å². The van der Waals surface area contributed by atoms with Gasteiger partial charge in [-0.3, -0.25) is 4.79 Å². The number of ether oxygens (including phenoxy) is 1. The molecule has 0 aromatic carbocycles. The molecule has 2 fully saturated rings.